The van der Waals surface area contributed by atoms with Gasteiger partial charge in [-0.1, -0.05) is 32.4 Å². The first kappa shape index (κ1) is 12.3. The molecule has 0 spiro atoms. The Morgan fingerprint density at radius 1 is 1.13 bits per heavy atom. The van der Waals surface area contributed by atoms with E-state index in [1.54, 1.807) is 20.8 Å². The molecular formula is C10H11ClF3N. The number of halogens is 4. The lowest BCUT2D eigenvalue weighted by Crippen LogP contribution is -2.17. The van der Waals surface area contributed by atoms with E-state index in [0.717, 1.165) is 0 Å². The average Bonchev–Trinajstić information content (AvgIpc) is 2.00. The van der Waals surface area contributed by atoms with Gasteiger partial charge in [0, 0.05) is 11.1 Å². The third-order valence-corrected chi connectivity index (χ3v) is 2.19. The maximum absolute atomic E-state index is 12.5. The van der Waals surface area contributed by atoms with Crippen molar-refractivity contribution in [2.75, 3.05) is 0 Å². The van der Waals surface area contributed by atoms with E-state index >= 15 is 0 Å². The minimum absolute atomic E-state index is 0.365. The molecule has 0 fully saturated rings. The van der Waals surface area contributed by atoms with E-state index in [0.29, 0.717) is 5.69 Å². The summed E-state index contributed by atoms with van der Waals surface area (Å²) in [7, 11) is 0. The highest BCUT2D eigenvalue weighted by atomic mass is 35.5. The number of hydrogen-bond acceptors (Lipinski definition) is 1. The van der Waals surface area contributed by atoms with Crippen LogP contribution in [0.25, 0.3) is 0 Å². The molecule has 5 heteroatoms. The fraction of sp³-hybridized carbons (Fsp3) is 0.500. The predicted octanol–water partition coefficient (Wildman–Crippen LogP) is 4.05. The fourth-order valence-electron chi connectivity index (χ4n) is 1.06. The molecule has 0 unspecified atom stereocenters. The normalized spacial score (nSPS) is 13.0. The molecule has 1 rings (SSSR count). The third-order valence-electron chi connectivity index (χ3n) is 1.88. The van der Waals surface area contributed by atoms with Crippen molar-refractivity contribution in [3.63, 3.8) is 0 Å². The Balaban J connectivity index is 3.30. The van der Waals surface area contributed by atoms with Crippen LogP contribution in [0.15, 0.2) is 12.1 Å². The van der Waals surface area contributed by atoms with Crippen molar-refractivity contribution in [2.45, 2.75) is 32.4 Å². The first-order valence-electron chi connectivity index (χ1n) is 4.36. The Kier molecular flexibility index (Phi) is 3.01. The van der Waals surface area contributed by atoms with E-state index in [1.807, 2.05) is 0 Å². The van der Waals surface area contributed by atoms with Crippen LogP contribution in [0.1, 0.15) is 32.2 Å². The van der Waals surface area contributed by atoms with Gasteiger partial charge in [-0.25, -0.2) is 4.98 Å². The lowest BCUT2D eigenvalue weighted by atomic mass is 9.91. The van der Waals surface area contributed by atoms with Gasteiger partial charge in [-0.2, -0.15) is 13.2 Å². The zero-order chi connectivity index (χ0) is 11.9. The monoisotopic (exact) mass is 237 g/mol. The first-order valence-corrected chi connectivity index (χ1v) is 4.74. The Morgan fingerprint density at radius 2 is 1.67 bits per heavy atom. The smallest absolute Gasteiger partial charge is 0.246 e. The van der Waals surface area contributed by atoms with E-state index in [-0.39, 0.29) is 5.02 Å². The standard InChI is InChI=1S/C10H11ClF3N/c1-9(2,3)7-5-4-6(11)8(15-7)10(12,13)14/h4-5H,1-3H3. The molecule has 0 saturated heterocycles. The van der Waals surface area contributed by atoms with Crippen molar-refractivity contribution in [1.82, 2.24) is 4.98 Å². The Hall–Kier alpha value is -0.770. The first-order chi connectivity index (χ1) is 6.62. The van der Waals surface area contributed by atoms with Gasteiger partial charge in [0.25, 0.3) is 0 Å². The quantitative estimate of drug-likeness (QED) is 0.663. The predicted molar refractivity (Wildman–Crippen MR) is 52.9 cm³/mol. The summed E-state index contributed by atoms with van der Waals surface area (Å²) in [4.78, 5) is 3.56. The van der Waals surface area contributed by atoms with Crippen LogP contribution >= 0.6 is 11.6 Å². The number of nitrogens with zero attached hydrogens (tertiary/aromatic N) is 1. The van der Waals surface area contributed by atoms with Crippen LogP contribution < -0.4 is 0 Å². The van der Waals surface area contributed by atoms with Crippen molar-refractivity contribution in [1.29, 1.82) is 0 Å². The average molecular weight is 238 g/mol. The zero-order valence-corrected chi connectivity index (χ0v) is 9.37. The minimum atomic E-state index is -4.50. The molecule has 0 N–H and O–H groups in total. The van der Waals surface area contributed by atoms with E-state index in [1.165, 1.54) is 12.1 Å². The van der Waals surface area contributed by atoms with E-state index in [4.69, 9.17) is 11.6 Å². The maximum atomic E-state index is 12.5. The fourth-order valence-corrected chi connectivity index (χ4v) is 1.27. The number of pyridine rings is 1. The molecular weight excluding hydrogens is 227 g/mol. The van der Waals surface area contributed by atoms with Crippen LogP contribution in [0.4, 0.5) is 13.2 Å². The molecule has 0 bridgehead atoms. The molecule has 1 aromatic heterocycles. The molecule has 0 radical (unpaired) electrons. The molecule has 0 aliphatic carbocycles. The largest absolute Gasteiger partial charge is 0.434 e. The van der Waals surface area contributed by atoms with Gasteiger partial charge in [0.15, 0.2) is 5.69 Å². The van der Waals surface area contributed by atoms with Gasteiger partial charge < -0.3 is 0 Å². The van der Waals surface area contributed by atoms with Gasteiger partial charge in [-0.3, -0.25) is 0 Å². The second-order valence-electron chi connectivity index (χ2n) is 4.27. The summed E-state index contributed by atoms with van der Waals surface area (Å²) in [5.41, 5.74) is -1.07. The summed E-state index contributed by atoms with van der Waals surface area (Å²) in [6.45, 7) is 5.39. The summed E-state index contributed by atoms with van der Waals surface area (Å²) < 4.78 is 37.4. The molecule has 0 aromatic carbocycles. The molecule has 0 aliphatic heterocycles. The van der Waals surface area contributed by atoms with Crippen molar-refractivity contribution in [3.8, 4) is 0 Å². The highest BCUT2D eigenvalue weighted by molar-refractivity contribution is 6.31. The summed E-state index contributed by atoms with van der Waals surface area (Å²) in [5, 5.41) is -0.365. The SMILES string of the molecule is CC(C)(C)c1ccc(Cl)c(C(F)(F)F)n1. The molecule has 15 heavy (non-hydrogen) atoms. The lowest BCUT2D eigenvalue weighted by Gasteiger charge is -2.19. The molecule has 0 amide bonds. The molecule has 1 aromatic rings. The summed E-state index contributed by atoms with van der Waals surface area (Å²) in [5.74, 6) is 0. The lowest BCUT2D eigenvalue weighted by molar-refractivity contribution is -0.141. The Morgan fingerprint density at radius 3 is 2.07 bits per heavy atom. The van der Waals surface area contributed by atoms with Gasteiger partial charge in [-0.05, 0) is 12.1 Å². The Labute approximate surface area is 91.3 Å². The van der Waals surface area contributed by atoms with Gasteiger partial charge in [0.1, 0.15) is 0 Å². The van der Waals surface area contributed by atoms with Gasteiger partial charge in [-0.15, -0.1) is 0 Å². The second kappa shape index (κ2) is 3.67. The van der Waals surface area contributed by atoms with Crippen LogP contribution in [0, 0.1) is 0 Å². The molecule has 1 heterocycles. The molecule has 0 saturated carbocycles. The van der Waals surface area contributed by atoms with Gasteiger partial charge >= 0.3 is 6.18 Å². The highest BCUT2D eigenvalue weighted by Crippen LogP contribution is 2.34. The third kappa shape index (κ3) is 2.84. The minimum Gasteiger partial charge on any atom is -0.246 e. The number of aromatic nitrogens is 1. The summed E-state index contributed by atoms with van der Waals surface area (Å²) in [6, 6.07) is 2.75. The second-order valence-corrected chi connectivity index (χ2v) is 4.68. The van der Waals surface area contributed by atoms with Crippen molar-refractivity contribution >= 4 is 11.6 Å². The van der Waals surface area contributed by atoms with E-state index < -0.39 is 17.3 Å². The number of rotatable bonds is 0. The summed E-state index contributed by atoms with van der Waals surface area (Å²) in [6.07, 6.45) is -4.50. The molecule has 0 aliphatic rings. The Bertz CT molecular complexity index is 366. The van der Waals surface area contributed by atoms with Crippen LogP contribution in [-0.2, 0) is 11.6 Å². The van der Waals surface area contributed by atoms with Gasteiger partial charge in [0.2, 0.25) is 0 Å². The van der Waals surface area contributed by atoms with Crippen molar-refractivity contribution in [2.24, 2.45) is 0 Å². The van der Waals surface area contributed by atoms with Crippen LogP contribution in [0.2, 0.25) is 5.02 Å². The van der Waals surface area contributed by atoms with Crippen LogP contribution in [0.5, 0.6) is 0 Å². The highest BCUT2D eigenvalue weighted by Gasteiger charge is 2.36. The molecule has 84 valence electrons. The van der Waals surface area contributed by atoms with E-state index in [9.17, 15) is 13.2 Å². The number of hydrogen-bond donors (Lipinski definition) is 0. The van der Waals surface area contributed by atoms with Gasteiger partial charge in [0.05, 0.1) is 5.02 Å². The maximum Gasteiger partial charge on any atom is 0.434 e. The summed E-state index contributed by atoms with van der Waals surface area (Å²) >= 11 is 5.45. The van der Waals surface area contributed by atoms with Crippen LogP contribution in [-0.4, -0.2) is 4.98 Å². The van der Waals surface area contributed by atoms with Crippen LogP contribution in [0.3, 0.4) is 0 Å². The van der Waals surface area contributed by atoms with Crippen molar-refractivity contribution < 1.29 is 13.2 Å². The number of alkyl halides is 3. The topological polar surface area (TPSA) is 12.9 Å². The van der Waals surface area contributed by atoms with Crippen molar-refractivity contribution in [3.05, 3.63) is 28.5 Å². The molecule has 0 atom stereocenters. The molecule has 1 nitrogen and oxygen atoms in total. The zero-order valence-electron chi connectivity index (χ0n) is 8.61. The van der Waals surface area contributed by atoms with E-state index in [2.05, 4.69) is 4.98 Å².